The minimum atomic E-state index is -0.730. The van der Waals surface area contributed by atoms with Crippen molar-refractivity contribution in [2.75, 3.05) is 13.7 Å². The summed E-state index contributed by atoms with van der Waals surface area (Å²) in [6, 6.07) is 12.7. The van der Waals surface area contributed by atoms with Crippen molar-refractivity contribution in [3.63, 3.8) is 0 Å². The molecule has 1 aromatic carbocycles. The molecule has 2 rings (SSSR count). The smallest absolute Gasteiger partial charge is 0.408 e. The molecule has 1 atom stereocenters. The molecule has 0 spiro atoms. The Morgan fingerprint density at radius 1 is 1.03 bits per heavy atom. The molecule has 0 aliphatic heterocycles. The summed E-state index contributed by atoms with van der Waals surface area (Å²) in [4.78, 5) is 39.9. The minimum Gasteiger partial charge on any atom is -0.450 e. The highest BCUT2D eigenvalue weighted by Crippen LogP contribution is 2.14. The van der Waals surface area contributed by atoms with Crippen LogP contribution in [0.4, 0.5) is 9.59 Å². The van der Waals surface area contributed by atoms with Gasteiger partial charge >= 0.3 is 12.2 Å². The molecule has 0 radical (unpaired) electrons. The molecule has 9 heteroatoms. The molecule has 0 saturated carbocycles. The molecule has 2 aromatic rings. The number of nitrogens with one attached hydrogen (secondary N) is 2. The van der Waals surface area contributed by atoms with Crippen molar-refractivity contribution >= 4 is 29.4 Å². The lowest BCUT2D eigenvalue weighted by molar-refractivity contribution is -0.132. The summed E-state index contributed by atoms with van der Waals surface area (Å²) < 4.78 is 10.5. The number of unbranched alkanes of at least 4 members (excludes halogenated alkanes) is 1. The number of thiophene rings is 1. The zero-order valence-electron chi connectivity index (χ0n) is 20.3. The van der Waals surface area contributed by atoms with Gasteiger partial charge < -0.3 is 25.0 Å². The molecular formula is C25H35N3O5S. The van der Waals surface area contributed by atoms with E-state index in [1.165, 1.54) is 0 Å². The van der Waals surface area contributed by atoms with Gasteiger partial charge in [-0.2, -0.15) is 0 Å². The molecule has 0 aliphatic carbocycles. The van der Waals surface area contributed by atoms with Crippen LogP contribution in [0.3, 0.4) is 0 Å². The molecule has 1 aromatic heterocycles. The molecule has 0 saturated heterocycles. The first-order chi connectivity index (χ1) is 16.1. The van der Waals surface area contributed by atoms with Crippen LogP contribution in [0.15, 0.2) is 47.8 Å². The Hall–Kier alpha value is -3.07. The number of benzene rings is 1. The lowest BCUT2D eigenvalue weighted by Gasteiger charge is -2.26. The van der Waals surface area contributed by atoms with E-state index >= 15 is 0 Å². The van der Waals surface area contributed by atoms with Crippen LogP contribution in [-0.2, 0) is 27.4 Å². The molecule has 0 bridgehead atoms. The Labute approximate surface area is 205 Å². The third-order valence-electron chi connectivity index (χ3n) is 4.74. The van der Waals surface area contributed by atoms with E-state index in [1.807, 2.05) is 47.8 Å². The third-order valence-corrected chi connectivity index (χ3v) is 5.60. The number of carbonyl (C=O) groups is 3. The Bertz CT molecular complexity index is 897. The van der Waals surface area contributed by atoms with Crippen molar-refractivity contribution < 1.29 is 23.9 Å². The van der Waals surface area contributed by atoms with Gasteiger partial charge in [0.05, 0.1) is 13.2 Å². The van der Waals surface area contributed by atoms with E-state index < -0.39 is 23.8 Å². The van der Waals surface area contributed by atoms with Gasteiger partial charge in [-0.1, -0.05) is 36.4 Å². The van der Waals surface area contributed by atoms with Gasteiger partial charge in [0, 0.05) is 18.5 Å². The van der Waals surface area contributed by atoms with Crippen LogP contribution in [0.25, 0.3) is 0 Å². The van der Waals surface area contributed by atoms with Gasteiger partial charge in [-0.25, -0.2) is 9.59 Å². The first-order valence-corrected chi connectivity index (χ1v) is 12.2. The quantitative estimate of drug-likeness (QED) is 0.446. The second kappa shape index (κ2) is 13.6. The standard InChI is InChI=1S/C25H35N3O5S/c1-25(2,3)33-24(31)27-21(22(29)28(4)18-20-13-10-16-34-20)14-8-9-15-32-23(30)26-17-19-11-6-5-7-12-19/h5-7,10-13,16,21H,8-9,14-15,17-18H2,1-4H3,(H,26,30)(H,27,31)/t21-/m0/s1. The number of carbonyl (C=O) groups excluding carboxylic acids is 3. The molecule has 8 nitrogen and oxygen atoms in total. The van der Waals surface area contributed by atoms with E-state index in [4.69, 9.17) is 9.47 Å². The number of amides is 3. The number of nitrogens with zero attached hydrogens (tertiary/aromatic N) is 1. The second-order valence-electron chi connectivity index (χ2n) is 8.94. The van der Waals surface area contributed by atoms with Crippen LogP contribution >= 0.6 is 11.3 Å². The summed E-state index contributed by atoms with van der Waals surface area (Å²) in [5, 5.41) is 7.37. The number of hydrogen-bond acceptors (Lipinski definition) is 6. The fourth-order valence-electron chi connectivity index (χ4n) is 3.12. The highest BCUT2D eigenvalue weighted by atomic mass is 32.1. The number of likely N-dealkylation sites (N-methyl/N-ethyl adjacent to an activating group) is 1. The molecular weight excluding hydrogens is 454 g/mol. The Morgan fingerprint density at radius 3 is 2.41 bits per heavy atom. The molecule has 1 heterocycles. The molecule has 34 heavy (non-hydrogen) atoms. The van der Waals surface area contributed by atoms with Crippen molar-refractivity contribution in [3.8, 4) is 0 Å². The summed E-state index contributed by atoms with van der Waals surface area (Å²) in [6.07, 6.45) is 0.436. The van der Waals surface area contributed by atoms with Crippen LogP contribution in [0, 0.1) is 0 Å². The largest absolute Gasteiger partial charge is 0.450 e. The fourth-order valence-corrected chi connectivity index (χ4v) is 3.88. The monoisotopic (exact) mass is 489 g/mol. The molecule has 186 valence electrons. The van der Waals surface area contributed by atoms with Gasteiger partial charge in [0.25, 0.3) is 0 Å². The normalized spacial score (nSPS) is 11.9. The second-order valence-corrected chi connectivity index (χ2v) is 9.98. The van der Waals surface area contributed by atoms with Crippen molar-refractivity contribution in [1.82, 2.24) is 15.5 Å². The number of ether oxygens (including phenoxy) is 2. The predicted molar refractivity (Wildman–Crippen MR) is 132 cm³/mol. The zero-order chi connectivity index (χ0) is 25.0. The highest BCUT2D eigenvalue weighted by Gasteiger charge is 2.26. The summed E-state index contributed by atoms with van der Waals surface area (Å²) in [5.41, 5.74) is 0.322. The van der Waals surface area contributed by atoms with Gasteiger partial charge in [0.15, 0.2) is 0 Å². The maximum absolute atomic E-state index is 13.0. The average Bonchev–Trinajstić information content (AvgIpc) is 3.28. The van der Waals surface area contributed by atoms with Crippen LogP contribution in [0.2, 0.25) is 0 Å². The summed E-state index contributed by atoms with van der Waals surface area (Å²) in [5.74, 6) is -0.194. The van der Waals surface area contributed by atoms with Gasteiger partial charge in [-0.05, 0) is 57.0 Å². The SMILES string of the molecule is CN(Cc1cccs1)C(=O)[C@H](CCCCOC(=O)NCc1ccccc1)NC(=O)OC(C)(C)C. The van der Waals surface area contributed by atoms with E-state index in [-0.39, 0.29) is 12.5 Å². The van der Waals surface area contributed by atoms with Crippen molar-refractivity contribution in [1.29, 1.82) is 0 Å². The Kier molecular flexibility index (Phi) is 10.9. The summed E-state index contributed by atoms with van der Waals surface area (Å²) >= 11 is 1.57. The topological polar surface area (TPSA) is 97.0 Å². The molecule has 0 aliphatic rings. The van der Waals surface area contributed by atoms with Gasteiger partial charge in [-0.3, -0.25) is 4.79 Å². The maximum Gasteiger partial charge on any atom is 0.408 e. The van der Waals surface area contributed by atoms with Crippen LogP contribution < -0.4 is 10.6 Å². The Morgan fingerprint density at radius 2 is 1.76 bits per heavy atom. The molecule has 0 fully saturated rings. The zero-order valence-corrected chi connectivity index (χ0v) is 21.2. The first-order valence-electron chi connectivity index (χ1n) is 11.4. The number of rotatable bonds is 11. The number of alkyl carbamates (subject to hydrolysis) is 2. The maximum atomic E-state index is 13.0. The van der Waals surface area contributed by atoms with Gasteiger partial charge in [0.2, 0.25) is 5.91 Å². The Balaban J connectivity index is 1.80. The first kappa shape index (κ1) is 27.2. The van der Waals surface area contributed by atoms with Crippen LogP contribution in [0.5, 0.6) is 0 Å². The van der Waals surface area contributed by atoms with E-state index in [9.17, 15) is 14.4 Å². The van der Waals surface area contributed by atoms with Crippen LogP contribution in [0.1, 0.15) is 50.5 Å². The van der Waals surface area contributed by atoms with Gasteiger partial charge in [0.1, 0.15) is 11.6 Å². The molecule has 3 amide bonds. The van der Waals surface area contributed by atoms with E-state index in [0.717, 1.165) is 10.4 Å². The third kappa shape index (κ3) is 10.7. The summed E-state index contributed by atoms with van der Waals surface area (Å²) in [7, 11) is 1.71. The van der Waals surface area contributed by atoms with Crippen molar-refractivity contribution in [3.05, 3.63) is 58.3 Å². The fraction of sp³-hybridized carbons (Fsp3) is 0.480. The summed E-state index contributed by atoms with van der Waals surface area (Å²) in [6.45, 7) is 6.39. The van der Waals surface area contributed by atoms with E-state index in [1.54, 1.807) is 44.1 Å². The van der Waals surface area contributed by atoms with Crippen molar-refractivity contribution in [2.24, 2.45) is 0 Å². The lowest BCUT2D eigenvalue weighted by Crippen LogP contribution is -2.48. The van der Waals surface area contributed by atoms with Crippen LogP contribution in [-0.4, -0.2) is 48.3 Å². The molecule has 2 N–H and O–H groups in total. The minimum absolute atomic E-state index is 0.194. The van der Waals surface area contributed by atoms with E-state index in [0.29, 0.717) is 32.4 Å². The number of hydrogen-bond donors (Lipinski definition) is 2. The van der Waals surface area contributed by atoms with Crippen molar-refractivity contribution in [2.45, 2.75) is 64.8 Å². The van der Waals surface area contributed by atoms with E-state index in [2.05, 4.69) is 10.6 Å². The molecule has 0 unspecified atom stereocenters. The predicted octanol–water partition coefficient (Wildman–Crippen LogP) is 4.70. The average molecular weight is 490 g/mol. The lowest BCUT2D eigenvalue weighted by atomic mass is 10.1. The highest BCUT2D eigenvalue weighted by molar-refractivity contribution is 7.09. The van der Waals surface area contributed by atoms with Gasteiger partial charge in [-0.15, -0.1) is 11.3 Å².